The predicted molar refractivity (Wildman–Crippen MR) is 43.4 cm³/mol. The zero-order valence-corrected chi connectivity index (χ0v) is 7.65. The summed E-state index contributed by atoms with van der Waals surface area (Å²) in [5.41, 5.74) is 0. The third-order valence-electron chi connectivity index (χ3n) is 2.29. The SMILES string of the molecule is CC(C)OCC1CCCC1(F)F. The summed E-state index contributed by atoms with van der Waals surface area (Å²) in [6.07, 6.45) is 1.35. The Morgan fingerprint density at radius 1 is 1.50 bits per heavy atom. The Labute approximate surface area is 72.1 Å². The van der Waals surface area contributed by atoms with Crippen LogP contribution in [0.4, 0.5) is 8.78 Å². The van der Waals surface area contributed by atoms with Gasteiger partial charge in [-0.2, -0.15) is 0 Å². The largest absolute Gasteiger partial charge is 0.378 e. The summed E-state index contributed by atoms with van der Waals surface area (Å²) in [4.78, 5) is 0. The van der Waals surface area contributed by atoms with E-state index in [0.29, 0.717) is 12.8 Å². The number of rotatable bonds is 3. The van der Waals surface area contributed by atoms with E-state index in [0.717, 1.165) is 0 Å². The van der Waals surface area contributed by atoms with Crippen molar-refractivity contribution in [3.05, 3.63) is 0 Å². The monoisotopic (exact) mass is 178 g/mol. The Morgan fingerprint density at radius 3 is 2.58 bits per heavy atom. The maximum Gasteiger partial charge on any atom is 0.253 e. The highest BCUT2D eigenvalue weighted by atomic mass is 19.3. The molecule has 72 valence electrons. The van der Waals surface area contributed by atoms with Gasteiger partial charge in [-0.1, -0.05) is 0 Å². The average Bonchev–Trinajstić information content (AvgIpc) is 2.25. The molecule has 0 aromatic carbocycles. The first-order valence-corrected chi connectivity index (χ1v) is 4.52. The molecule has 1 rings (SSSR count). The number of alkyl halides is 2. The maximum absolute atomic E-state index is 13.0. The minimum absolute atomic E-state index is 0.0408. The van der Waals surface area contributed by atoms with Crippen LogP contribution in [0.2, 0.25) is 0 Å². The quantitative estimate of drug-likeness (QED) is 0.645. The Bertz CT molecular complexity index is 145. The van der Waals surface area contributed by atoms with Gasteiger partial charge in [-0.05, 0) is 26.7 Å². The molecule has 12 heavy (non-hydrogen) atoms. The third-order valence-corrected chi connectivity index (χ3v) is 2.29. The van der Waals surface area contributed by atoms with E-state index >= 15 is 0 Å². The molecule has 1 saturated carbocycles. The van der Waals surface area contributed by atoms with Gasteiger partial charge in [0.05, 0.1) is 12.7 Å². The summed E-state index contributed by atoms with van der Waals surface area (Å²) >= 11 is 0. The first-order valence-electron chi connectivity index (χ1n) is 4.52. The Morgan fingerprint density at radius 2 is 2.17 bits per heavy atom. The van der Waals surface area contributed by atoms with Crippen LogP contribution in [0.1, 0.15) is 33.1 Å². The van der Waals surface area contributed by atoms with Crippen LogP contribution in [-0.2, 0) is 4.74 Å². The number of halogens is 2. The normalized spacial score (nSPS) is 28.2. The first-order chi connectivity index (χ1) is 5.52. The molecule has 0 amide bonds. The summed E-state index contributed by atoms with van der Waals surface area (Å²) in [6.45, 7) is 3.95. The van der Waals surface area contributed by atoms with Crippen LogP contribution >= 0.6 is 0 Å². The van der Waals surface area contributed by atoms with Crippen LogP contribution in [0.5, 0.6) is 0 Å². The van der Waals surface area contributed by atoms with Gasteiger partial charge in [0, 0.05) is 12.3 Å². The van der Waals surface area contributed by atoms with E-state index in [9.17, 15) is 8.78 Å². The molecule has 3 heteroatoms. The lowest BCUT2D eigenvalue weighted by atomic mass is 10.1. The second-order valence-corrected chi connectivity index (χ2v) is 3.73. The van der Waals surface area contributed by atoms with Crippen molar-refractivity contribution >= 4 is 0 Å². The van der Waals surface area contributed by atoms with Gasteiger partial charge in [-0.25, -0.2) is 8.78 Å². The van der Waals surface area contributed by atoms with Gasteiger partial charge in [-0.15, -0.1) is 0 Å². The molecule has 0 aromatic rings. The van der Waals surface area contributed by atoms with E-state index in [1.807, 2.05) is 13.8 Å². The van der Waals surface area contributed by atoms with Crippen LogP contribution in [0.25, 0.3) is 0 Å². The van der Waals surface area contributed by atoms with Crippen molar-refractivity contribution < 1.29 is 13.5 Å². The summed E-state index contributed by atoms with van der Waals surface area (Å²) < 4.78 is 31.1. The molecule has 0 aliphatic heterocycles. The van der Waals surface area contributed by atoms with E-state index in [4.69, 9.17) is 4.74 Å². The van der Waals surface area contributed by atoms with E-state index in [1.54, 1.807) is 0 Å². The van der Waals surface area contributed by atoms with Crippen LogP contribution in [0, 0.1) is 5.92 Å². The fourth-order valence-corrected chi connectivity index (χ4v) is 1.51. The maximum atomic E-state index is 13.0. The Balaban J connectivity index is 2.32. The van der Waals surface area contributed by atoms with Crippen LogP contribution in [0.15, 0.2) is 0 Å². The smallest absolute Gasteiger partial charge is 0.253 e. The van der Waals surface area contributed by atoms with Crippen molar-refractivity contribution in [2.24, 2.45) is 5.92 Å². The predicted octanol–water partition coefficient (Wildman–Crippen LogP) is 2.85. The highest BCUT2D eigenvalue weighted by molar-refractivity contribution is 4.83. The van der Waals surface area contributed by atoms with Crippen molar-refractivity contribution in [2.75, 3.05) is 6.61 Å². The van der Waals surface area contributed by atoms with Gasteiger partial charge in [0.2, 0.25) is 0 Å². The highest BCUT2D eigenvalue weighted by Crippen LogP contribution is 2.40. The van der Waals surface area contributed by atoms with Crippen LogP contribution in [0.3, 0.4) is 0 Å². The van der Waals surface area contributed by atoms with Gasteiger partial charge < -0.3 is 4.74 Å². The summed E-state index contributed by atoms with van der Waals surface area (Å²) in [5.74, 6) is -3.02. The lowest BCUT2D eigenvalue weighted by Gasteiger charge is -2.19. The summed E-state index contributed by atoms with van der Waals surface area (Å²) in [7, 11) is 0. The second-order valence-electron chi connectivity index (χ2n) is 3.73. The van der Waals surface area contributed by atoms with Crippen molar-refractivity contribution in [1.82, 2.24) is 0 Å². The minimum Gasteiger partial charge on any atom is -0.378 e. The fourth-order valence-electron chi connectivity index (χ4n) is 1.51. The van der Waals surface area contributed by atoms with Crippen LogP contribution in [-0.4, -0.2) is 18.6 Å². The molecule has 1 nitrogen and oxygen atoms in total. The molecule has 0 spiro atoms. The average molecular weight is 178 g/mol. The van der Waals surface area contributed by atoms with E-state index in [2.05, 4.69) is 0 Å². The molecule has 1 unspecified atom stereocenters. The topological polar surface area (TPSA) is 9.23 Å². The zero-order chi connectivity index (χ0) is 9.19. The van der Waals surface area contributed by atoms with Gasteiger partial charge in [0.15, 0.2) is 0 Å². The number of hydrogen-bond acceptors (Lipinski definition) is 1. The molecular formula is C9H16F2O. The van der Waals surface area contributed by atoms with E-state index in [-0.39, 0.29) is 19.1 Å². The molecule has 1 aliphatic rings. The van der Waals surface area contributed by atoms with Gasteiger partial charge in [-0.3, -0.25) is 0 Å². The minimum atomic E-state index is -2.48. The molecule has 0 bridgehead atoms. The fraction of sp³-hybridized carbons (Fsp3) is 1.00. The van der Waals surface area contributed by atoms with E-state index in [1.165, 1.54) is 0 Å². The molecule has 0 aromatic heterocycles. The third kappa shape index (κ3) is 2.41. The van der Waals surface area contributed by atoms with Gasteiger partial charge >= 0.3 is 0 Å². The molecule has 0 N–H and O–H groups in total. The second kappa shape index (κ2) is 3.69. The molecule has 0 saturated heterocycles. The number of ether oxygens (including phenoxy) is 1. The highest BCUT2D eigenvalue weighted by Gasteiger charge is 2.43. The van der Waals surface area contributed by atoms with Crippen molar-refractivity contribution in [1.29, 1.82) is 0 Å². The van der Waals surface area contributed by atoms with Crippen molar-refractivity contribution in [3.8, 4) is 0 Å². The zero-order valence-electron chi connectivity index (χ0n) is 7.65. The van der Waals surface area contributed by atoms with Gasteiger partial charge in [0.1, 0.15) is 0 Å². The summed E-state index contributed by atoms with van der Waals surface area (Å²) in [5, 5.41) is 0. The summed E-state index contributed by atoms with van der Waals surface area (Å²) in [6, 6.07) is 0. The molecule has 0 heterocycles. The Hall–Kier alpha value is -0.180. The number of hydrogen-bond donors (Lipinski definition) is 0. The molecular weight excluding hydrogens is 162 g/mol. The van der Waals surface area contributed by atoms with E-state index < -0.39 is 11.8 Å². The van der Waals surface area contributed by atoms with Gasteiger partial charge in [0.25, 0.3) is 5.92 Å². The standard InChI is InChI=1S/C9H16F2O/c1-7(2)12-6-8-4-3-5-9(8,10)11/h7-8H,3-6H2,1-2H3. The lowest BCUT2D eigenvalue weighted by Crippen LogP contribution is -2.27. The molecule has 1 aliphatic carbocycles. The van der Waals surface area contributed by atoms with Crippen LogP contribution < -0.4 is 0 Å². The van der Waals surface area contributed by atoms with Crippen molar-refractivity contribution in [3.63, 3.8) is 0 Å². The van der Waals surface area contributed by atoms with Crippen molar-refractivity contribution in [2.45, 2.75) is 45.1 Å². The Kier molecular flexibility index (Phi) is 3.04. The lowest BCUT2D eigenvalue weighted by molar-refractivity contribution is -0.0757. The molecule has 1 fully saturated rings. The molecule has 0 radical (unpaired) electrons. The first kappa shape index (κ1) is 9.90. The molecule has 1 atom stereocenters.